The molecule has 4 aromatic rings. The van der Waals surface area contributed by atoms with Crippen LogP contribution in [0.25, 0.3) is 21.7 Å². The van der Waals surface area contributed by atoms with Gasteiger partial charge in [-0.2, -0.15) is 0 Å². The molecule has 5 nitrogen and oxygen atoms in total. The van der Waals surface area contributed by atoms with Gasteiger partial charge in [-0.3, -0.25) is 14.6 Å². The topological polar surface area (TPSA) is 53.5 Å². The number of amides is 2. The van der Waals surface area contributed by atoms with E-state index in [1.807, 2.05) is 42.5 Å². The van der Waals surface area contributed by atoms with Crippen LogP contribution >= 0.6 is 0 Å². The number of carbonyl (C=O) groups is 2. The van der Waals surface area contributed by atoms with Crippen LogP contribution < -0.4 is 0 Å². The lowest BCUT2D eigenvalue weighted by molar-refractivity contribution is 0.0536. The second kappa shape index (κ2) is 8.04. The Morgan fingerprint density at radius 2 is 1.44 bits per heavy atom. The molecule has 0 N–H and O–H groups in total. The summed E-state index contributed by atoms with van der Waals surface area (Å²) in [5.41, 5.74) is 2.30. The standard InChI is InChI=1S/C26H22FN3O2/c1-17-23(15-19-9-10-20(27)16-24(19)28-17)26(32)30-13-11-29(12-14-30)25(31)22-8-4-6-18-5-2-3-7-21(18)22/h2-10,15-16H,11-14H2,1H3. The van der Waals surface area contributed by atoms with Crippen LogP contribution in [0.4, 0.5) is 4.39 Å². The number of aryl methyl sites for hydroxylation is 1. The first-order chi connectivity index (χ1) is 15.5. The van der Waals surface area contributed by atoms with Crippen molar-refractivity contribution in [1.29, 1.82) is 0 Å². The molecule has 1 saturated heterocycles. The summed E-state index contributed by atoms with van der Waals surface area (Å²) in [6, 6.07) is 19.7. The SMILES string of the molecule is Cc1nc2cc(F)ccc2cc1C(=O)N1CCN(C(=O)c2cccc3ccccc23)CC1. The Hall–Kier alpha value is -3.80. The van der Waals surface area contributed by atoms with E-state index in [1.165, 1.54) is 12.1 Å². The summed E-state index contributed by atoms with van der Waals surface area (Å²) in [5, 5.41) is 2.70. The molecule has 5 rings (SSSR count). The Kier molecular flexibility index (Phi) is 5.05. The minimum Gasteiger partial charge on any atom is -0.335 e. The van der Waals surface area contributed by atoms with E-state index < -0.39 is 0 Å². The van der Waals surface area contributed by atoms with E-state index in [0.717, 1.165) is 16.2 Å². The van der Waals surface area contributed by atoms with Crippen molar-refractivity contribution in [2.45, 2.75) is 6.92 Å². The lowest BCUT2D eigenvalue weighted by Gasteiger charge is -2.35. The van der Waals surface area contributed by atoms with Crippen molar-refractivity contribution >= 4 is 33.5 Å². The zero-order valence-electron chi connectivity index (χ0n) is 17.7. The maximum Gasteiger partial charge on any atom is 0.255 e. The average Bonchev–Trinajstić information content (AvgIpc) is 2.82. The largest absolute Gasteiger partial charge is 0.335 e. The molecule has 0 spiro atoms. The first kappa shape index (κ1) is 20.1. The van der Waals surface area contributed by atoms with E-state index in [1.54, 1.807) is 28.9 Å². The summed E-state index contributed by atoms with van der Waals surface area (Å²) in [5.74, 6) is -0.478. The van der Waals surface area contributed by atoms with E-state index in [-0.39, 0.29) is 17.6 Å². The molecule has 0 bridgehead atoms. The fraction of sp³-hybridized carbons (Fsp3) is 0.192. The molecular weight excluding hydrogens is 405 g/mol. The highest BCUT2D eigenvalue weighted by Gasteiger charge is 2.27. The van der Waals surface area contributed by atoms with Crippen molar-refractivity contribution in [1.82, 2.24) is 14.8 Å². The minimum atomic E-state index is -0.351. The number of carbonyl (C=O) groups excluding carboxylic acids is 2. The summed E-state index contributed by atoms with van der Waals surface area (Å²) in [6.45, 7) is 3.61. The molecule has 0 saturated carbocycles. The van der Waals surface area contributed by atoms with Gasteiger partial charge < -0.3 is 9.80 Å². The van der Waals surface area contributed by atoms with Gasteiger partial charge in [0.1, 0.15) is 5.82 Å². The second-order valence-electron chi connectivity index (χ2n) is 8.07. The molecule has 1 aromatic heterocycles. The minimum absolute atomic E-state index is 0.0144. The molecule has 1 aliphatic rings. The van der Waals surface area contributed by atoms with Gasteiger partial charge in [0, 0.05) is 43.2 Å². The smallest absolute Gasteiger partial charge is 0.255 e. The first-order valence-corrected chi connectivity index (χ1v) is 10.6. The third kappa shape index (κ3) is 3.58. The van der Waals surface area contributed by atoms with Gasteiger partial charge >= 0.3 is 0 Å². The van der Waals surface area contributed by atoms with Gasteiger partial charge in [0.2, 0.25) is 0 Å². The van der Waals surface area contributed by atoms with E-state index >= 15 is 0 Å². The van der Waals surface area contributed by atoms with E-state index in [0.29, 0.717) is 48.5 Å². The van der Waals surface area contributed by atoms with Crippen molar-refractivity contribution in [3.63, 3.8) is 0 Å². The molecule has 3 aromatic carbocycles. The van der Waals surface area contributed by atoms with Crippen molar-refractivity contribution in [2.75, 3.05) is 26.2 Å². The molecule has 1 fully saturated rings. The molecule has 1 aliphatic heterocycles. The van der Waals surface area contributed by atoms with Crippen molar-refractivity contribution in [2.24, 2.45) is 0 Å². The van der Waals surface area contributed by atoms with Gasteiger partial charge in [-0.15, -0.1) is 0 Å². The van der Waals surface area contributed by atoms with Gasteiger partial charge in [-0.1, -0.05) is 36.4 Å². The van der Waals surface area contributed by atoms with E-state index in [9.17, 15) is 14.0 Å². The van der Waals surface area contributed by atoms with Gasteiger partial charge in [0.05, 0.1) is 16.8 Å². The highest BCUT2D eigenvalue weighted by Crippen LogP contribution is 2.22. The number of piperazine rings is 1. The lowest BCUT2D eigenvalue weighted by atomic mass is 10.0. The van der Waals surface area contributed by atoms with E-state index in [2.05, 4.69) is 4.98 Å². The van der Waals surface area contributed by atoms with Crippen LogP contribution in [0.1, 0.15) is 26.4 Å². The number of pyridine rings is 1. The molecule has 0 unspecified atom stereocenters. The van der Waals surface area contributed by atoms with Gasteiger partial charge in [0.15, 0.2) is 0 Å². The fourth-order valence-electron chi connectivity index (χ4n) is 4.32. The summed E-state index contributed by atoms with van der Waals surface area (Å²) in [4.78, 5) is 34.3. The quantitative estimate of drug-likeness (QED) is 0.476. The van der Waals surface area contributed by atoms with Gasteiger partial charge in [0.25, 0.3) is 11.8 Å². The van der Waals surface area contributed by atoms with Crippen LogP contribution in [0.2, 0.25) is 0 Å². The number of rotatable bonds is 2. The second-order valence-corrected chi connectivity index (χ2v) is 8.07. The van der Waals surface area contributed by atoms with Crippen molar-refractivity contribution < 1.29 is 14.0 Å². The molecule has 32 heavy (non-hydrogen) atoms. The Morgan fingerprint density at radius 1 is 0.781 bits per heavy atom. The summed E-state index contributed by atoms with van der Waals surface area (Å²) in [6.07, 6.45) is 0. The fourth-order valence-corrected chi connectivity index (χ4v) is 4.32. The highest BCUT2D eigenvalue weighted by molar-refractivity contribution is 6.07. The van der Waals surface area contributed by atoms with Crippen LogP contribution in [0.3, 0.4) is 0 Å². The Morgan fingerprint density at radius 3 is 2.19 bits per heavy atom. The number of fused-ring (bicyclic) bond motifs is 2. The molecule has 2 amide bonds. The zero-order chi connectivity index (χ0) is 22.2. The number of halogens is 1. The van der Waals surface area contributed by atoms with Crippen LogP contribution in [0.5, 0.6) is 0 Å². The predicted octanol–water partition coefficient (Wildman–Crippen LogP) is 4.43. The number of hydrogen-bond donors (Lipinski definition) is 0. The van der Waals surface area contributed by atoms with Crippen LogP contribution in [0.15, 0.2) is 66.7 Å². The van der Waals surface area contributed by atoms with Crippen molar-refractivity contribution in [3.8, 4) is 0 Å². The van der Waals surface area contributed by atoms with Crippen LogP contribution in [0, 0.1) is 12.7 Å². The molecule has 160 valence electrons. The number of aromatic nitrogens is 1. The summed E-state index contributed by atoms with van der Waals surface area (Å²) >= 11 is 0. The summed E-state index contributed by atoms with van der Waals surface area (Å²) < 4.78 is 13.5. The van der Waals surface area contributed by atoms with E-state index in [4.69, 9.17) is 0 Å². The Labute approximate surface area is 185 Å². The maximum absolute atomic E-state index is 13.5. The Balaban J connectivity index is 1.33. The van der Waals surface area contributed by atoms with Crippen LogP contribution in [-0.2, 0) is 0 Å². The monoisotopic (exact) mass is 427 g/mol. The number of benzene rings is 3. The third-order valence-corrected chi connectivity index (χ3v) is 6.07. The third-order valence-electron chi connectivity index (χ3n) is 6.07. The maximum atomic E-state index is 13.5. The molecule has 0 atom stereocenters. The lowest BCUT2D eigenvalue weighted by Crippen LogP contribution is -2.50. The zero-order valence-corrected chi connectivity index (χ0v) is 17.7. The number of hydrogen-bond acceptors (Lipinski definition) is 3. The Bertz CT molecular complexity index is 1350. The molecule has 6 heteroatoms. The molecule has 0 radical (unpaired) electrons. The first-order valence-electron chi connectivity index (χ1n) is 10.6. The highest BCUT2D eigenvalue weighted by atomic mass is 19.1. The normalized spacial score (nSPS) is 14.2. The average molecular weight is 427 g/mol. The molecule has 0 aliphatic carbocycles. The summed E-state index contributed by atoms with van der Waals surface area (Å²) in [7, 11) is 0. The molecular formula is C26H22FN3O2. The number of nitrogens with zero attached hydrogens (tertiary/aromatic N) is 3. The van der Waals surface area contributed by atoms with Crippen molar-refractivity contribution in [3.05, 3.63) is 89.4 Å². The van der Waals surface area contributed by atoms with Gasteiger partial charge in [-0.25, -0.2) is 4.39 Å². The predicted molar refractivity (Wildman–Crippen MR) is 122 cm³/mol. The van der Waals surface area contributed by atoms with Gasteiger partial charge in [-0.05, 0) is 42.0 Å². The van der Waals surface area contributed by atoms with Crippen LogP contribution in [-0.4, -0.2) is 52.8 Å². The molecule has 2 heterocycles.